The van der Waals surface area contributed by atoms with Crippen molar-refractivity contribution in [2.45, 2.75) is 58.0 Å². The molecule has 1 aromatic rings. The van der Waals surface area contributed by atoms with Crippen molar-refractivity contribution >= 4 is 0 Å². The summed E-state index contributed by atoms with van der Waals surface area (Å²) >= 11 is 0. The molecule has 2 heteroatoms. The maximum Gasteiger partial charge on any atom is 0.126 e. The Labute approximate surface area is 116 Å². The molecule has 0 bridgehead atoms. The molecule has 0 saturated heterocycles. The molecule has 0 spiro atoms. The normalized spacial score (nSPS) is 24.2. The molecule has 1 N–H and O–H groups in total. The Kier molecular flexibility index (Phi) is 3.79. The molecule has 2 nitrogen and oxygen atoms in total. The maximum atomic E-state index is 5.94. The van der Waals surface area contributed by atoms with Crippen molar-refractivity contribution in [3.8, 4) is 5.75 Å². The second-order valence-electron chi connectivity index (χ2n) is 6.28. The zero-order chi connectivity index (χ0) is 13.2. The summed E-state index contributed by atoms with van der Waals surface area (Å²) in [6, 6.07) is 7.61. The predicted octanol–water partition coefficient (Wildman–Crippen LogP) is 3.99. The van der Waals surface area contributed by atoms with E-state index >= 15 is 0 Å². The Morgan fingerprint density at radius 1 is 1.32 bits per heavy atom. The number of benzene rings is 1. The summed E-state index contributed by atoms with van der Waals surface area (Å²) < 4.78 is 5.94. The van der Waals surface area contributed by atoms with E-state index in [2.05, 4.69) is 37.4 Å². The highest BCUT2D eigenvalue weighted by Crippen LogP contribution is 2.36. The van der Waals surface area contributed by atoms with Gasteiger partial charge >= 0.3 is 0 Å². The Morgan fingerprint density at radius 2 is 2.16 bits per heavy atom. The minimum absolute atomic E-state index is 0.464. The van der Waals surface area contributed by atoms with Gasteiger partial charge in [-0.15, -0.1) is 0 Å². The molecule has 104 valence electrons. The molecule has 1 aliphatic heterocycles. The van der Waals surface area contributed by atoms with Crippen molar-refractivity contribution in [1.29, 1.82) is 0 Å². The van der Waals surface area contributed by atoms with Crippen molar-refractivity contribution in [1.82, 2.24) is 5.32 Å². The molecule has 2 atom stereocenters. The van der Waals surface area contributed by atoms with Crippen LogP contribution in [0.25, 0.3) is 0 Å². The zero-order valence-corrected chi connectivity index (χ0v) is 12.1. The van der Waals surface area contributed by atoms with Crippen molar-refractivity contribution < 1.29 is 4.74 Å². The molecule has 1 fully saturated rings. The fourth-order valence-corrected chi connectivity index (χ4v) is 3.20. The Morgan fingerprint density at radius 3 is 2.95 bits per heavy atom. The number of hydrogen-bond acceptors (Lipinski definition) is 2. The highest BCUT2D eigenvalue weighted by atomic mass is 16.5. The fraction of sp³-hybridized carbons (Fsp3) is 0.647. The topological polar surface area (TPSA) is 21.3 Å². The van der Waals surface area contributed by atoms with Gasteiger partial charge in [-0.3, -0.25) is 0 Å². The lowest BCUT2D eigenvalue weighted by atomic mass is 9.98. The van der Waals surface area contributed by atoms with Crippen molar-refractivity contribution in [2.75, 3.05) is 6.61 Å². The third kappa shape index (κ3) is 3.11. The Bertz CT molecular complexity index is 439. The van der Waals surface area contributed by atoms with E-state index in [1.165, 1.54) is 36.8 Å². The van der Waals surface area contributed by atoms with Crippen LogP contribution in [0.5, 0.6) is 5.75 Å². The summed E-state index contributed by atoms with van der Waals surface area (Å²) in [5.41, 5.74) is 2.63. The van der Waals surface area contributed by atoms with E-state index in [1.54, 1.807) is 0 Å². The van der Waals surface area contributed by atoms with E-state index in [0.29, 0.717) is 12.1 Å². The minimum Gasteiger partial charge on any atom is -0.493 e. The largest absolute Gasteiger partial charge is 0.493 e. The summed E-state index contributed by atoms with van der Waals surface area (Å²) in [5.74, 6) is 2.11. The van der Waals surface area contributed by atoms with Gasteiger partial charge in [-0.25, -0.2) is 0 Å². The highest BCUT2D eigenvalue weighted by Gasteiger charge is 2.26. The second-order valence-corrected chi connectivity index (χ2v) is 6.28. The lowest BCUT2D eigenvalue weighted by molar-refractivity contribution is 0.312. The number of fused-ring (bicyclic) bond motifs is 1. The van der Waals surface area contributed by atoms with Gasteiger partial charge in [0.05, 0.1) is 6.61 Å². The third-order valence-electron chi connectivity index (χ3n) is 4.37. The monoisotopic (exact) mass is 259 g/mol. The smallest absolute Gasteiger partial charge is 0.126 e. The molecule has 1 heterocycles. The van der Waals surface area contributed by atoms with Gasteiger partial charge < -0.3 is 10.1 Å². The summed E-state index contributed by atoms with van der Waals surface area (Å²) in [6.07, 6.45) is 6.54. The number of nitrogens with one attached hydrogen (secondary N) is 1. The summed E-state index contributed by atoms with van der Waals surface area (Å²) in [7, 11) is 0. The third-order valence-corrected chi connectivity index (χ3v) is 4.37. The molecule has 3 rings (SSSR count). The van der Waals surface area contributed by atoms with Crippen LogP contribution in [-0.2, 0) is 0 Å². The van der Waals surface area contributed by atoms with Gasteiger partial charge in [-0.1, -0.05) is 31.0 Å². The first kappa shape index (κ1) is 13.0. The molecule has 0 amide bonds. The van der Waals surface area contributed by atoms with Gasteiger partial charge in [0, 0.05) is 17.6 Å². The van der Waals surface area contributed by atoms with Crippen LogP contribution in [0.4, 0.5) is 0 Å². The first-order valence-electron chi connectivity index (χ1n) is 7.72. The van der Waals surface area contributed by atoms with Gasteiger partial charge in [-0.2, -0.15) is 0 Å². The molecule has 2 aliphatic rings. The van der Waals surface area contributed by atoms with Crippen LogP contribution in [0.3, 0.4) is 0 Å². The molecule has 0 aromatic heterocycles. The molecular formula is C17H25NO. The lowest BCUT2D eigenvalue weighted by Crippen LogP contribution is -2.30. The predicted molar refractivity (Wildman–Crippen MR) is 78.6 cm³/mol. The zero-order valence-electron chi connectivity index (χ0n) is 12.1. The van der Waals surface area contributed by atoms with E-state index in [0.717, 1.165) is 24.7 Å². The molecule has 19 heavy (non-hydrogen) atoms. The van der Waals surface area contributed by atoms with Gasteiger partial charge in [0.25, 0.3) is 0 Å². The molecular weight excluding hydrogens is 234 g/mol. The van der Waals surface area contributed by atoms with Gasteiger partial charge in [0.15, 0.2) is 0 Å². The Hall–Kier alpha value is -1.02. The van der Waals surface area contributed by atoms with Crippen molar-refractivity contribution in [2.24, 2.45) is 5.92 Å². The first-order chi connectivity index (χ1) is 9.24. The van der Waals surface area contributed by atoms with Crippen molar-refractivity contribution in [3.63, 3.8) is 0 Å². The van der Waals surface area contributed by atoms with Crippen LogP contribution in [0.2, 0.25) is 0 Å². The van der Waals surface area contributed by atoms with E-state index < -0.39 is 0 Å². The first-order valence-corrected chi connectivity index (χ1v) is 7.72. The molecule has 1 aliphatic carbocycles. The van der Waals surface area contributed by atoms with Crippen LogP contribution >= 0.6 is 0 Å². The average Bonchev–Trinajstić information content (AvgIpc) is 3.18. The van der Waals surface area contributed by atoms with E-state index in [1.807, 2.05) is 0 Å². The number of rotatable bonds is 4. The van der Waals surface area contributed by atoms with E-state index in [-0.39, 0.29) is 0 Å². The van der Waals surface area contributed by atoms with Gasteiger partial charge in [-0.05, 0) is 44.6 Å². The van der Waals surface area contributed by atoms with Crippen LogP contribution in [-0.4, -0.2) is 12.6 Å². The number of ether oxygens (including phenoxy) is 1. The quantitative estimate of drug-likeness (QED) is 0.883. The number of aryl methyl sites for hydroxylation is 1. The highest BCUT2D eigenvalue weighted by molar-refractivity contribution is 5.43. The van der Waals surface area contributed by atoms with E-state index in [4.69, 9.17) is 4.74 Å². The summed E-state index contributed by atoms with van der Waals surface area (Å²) in [6.45, 7) is 5.33. The molecule has 1 saturated carbocycles. The second kappa shape index (κ2) is 5.54. The standard InChI is InChI=1S/C17H25NO/c1-12-5-3-6-15-16(7-4-10-19-17(12)15)18-13(2)11-14-8-9-14/h3,5-6,13-14,16,18H,4,7-11H2,1-2H3. The number of hydrogen-bond donors (Lipinski definition) is 1. The Balaban J connectivity index is 1.75. The molecule has 0 radical (unpaired) electrons. The molecule has 2 unspecified atom stereocenters. The van der Waals surface area contributed by atoms with Gasteiger partial charge in [0.2, 0.25) is 0 Å². The average molecular weight is 259 g/mol. The number of para-hydroxylation sites is 1. The minimum atomic E-state index is 0.464. The van der Waals surface area contributed by atoms with Gasteiger partial charge in [0.1, 0.15) is 5.75 Å². The fourth-order valence-electron chi connectivity index (χ4n) is 3.20. The van der Waals surface area contributed by atoms with Crippen LogP contribution in [0, 0.1) is 12.8 Å². The van der Waals surface area contributed by atoms with Crippen LogP contribution in [0.15, 0.2) is 18.2 Å². The van der Waals surface area contributed by atoms with Crippen LogP contribution < -0.4 is 10.1 Å². The summed E-state index contributed by atoms with van der Waals surface area (Å²) in [5, 5.41) is 3.83. The van der Waals surface area contributed by atoms with E-state index in [9.17, 15) is 0 Å². The summed E-state index contributed by atoms with van der Waals surface area (Å²) in [4.78, 5) is 0. The van der Waals surface area contributed by atoms with Crippen molar-refractivity contribution in [3.05, 3.63) is 29.3 Å². The molecule has 1 aromatic carbocycles. The SMILES string of the molecule is Cc1cccc2c1OCCCC2NC(C)CC1CC1. The van der Waals surface area contributed by atoms with Crippen LogP contribution in [0.1, 0.15) is 56.2 Å². The maximum absolute atomic E-state index is 5.94. The lowest BCUT2D eigenvalue weighted by Gasteiger charge is -2.23.